The lowest BCUT2D eigenvalue weighted by molar-refractivity contribution is -0.385. The molecule has 0 spiro atoms. The van der Waals surface area contributed by atoms with Crippen LogP contribution in [0.5, 0.6) is 0 Å². The lowest BCUT2D eigenvalue weighted by Crippen LogP contribution is -2.36. The highest BCUT2D eigenvalue weighted by molar-refractivity contribution is 5.99. The van der Waals surface area contributed by atoms with Crippen molar-refractivity contribution in [1.29, 1.82) is 0 Å². The highest BCUT2D eigenvalue weighted by atomic mass is 16.6. The topological polar surface area (TPSA) is 123 Å². The molecule has 0 aromatic carbocycles. The zero-order valence-electron chi connectivity index (χ0n) is 10.2. The van der Waals surface area contributed by atoms with Crippen molar-refractivity contribution < 1.29 is 14.8 Å². The lowest BCUT2D eigenvalue weighted by Gasteiger charge is -2.21. The predicted octanol–water partition coefficient (Wildman–Crippen LogP) is 0.169. The first kappa shape index (κ1) is 13.2. The van der Waals surface area contributed by atoms with Crippen molar-refractivity contribution >= 4 is 17.4 Å². The molecule has 1 aliphatic carbocycles. The Balaban J connectivity index is 2.30. The molecule has 0 atom stereocenters. The van der Waals surface area contributed by atoms with Gasteiger partial charge in [0, 0.05) is 18.7 Å². The van der Waals surface area contributed by atoms with Crippen molar-refractivity contribution in [3.8, 4) is 0 Å². The molecule has 1 amide bonds. The van der Waals surface area contributed by atoms with E-state index in [0.717, 1.165) is 25.1 Å². The molecule has 8 nitrogen and oxygen atoms in total. The Bertz CT molecular complexity index is 515. The average molecular weight is 266 g/mol. The predicted molar refractivity (Wildman–Crippen MR) is 66.4 cm³/mol. The molecule has 1 heterocycles. The summed E-state index contributed by atoms with van der Waals surface area (Å²) >= 11 is 0. The van der Waals surface area contributed by atoms with Crippen molar-refractivity contribution in [1.82, 2.24) is 9.88 Å². The van der Waals surface area contributed by atoms with E-state index in [2.05, 4.69) is 4.98 Å². The Kier molecular flexibility index (Phi) is 3.61. The standard InChI is InChI=1S/C11H14N4O4/c12-10-9(5-8(6-13-10)15(18)19)11(17)14(3-4-16)7-1-2-7/h5-7,16H,1-4H2,(H2,12,13). The maximum Gasteiger partial charge on any atom is 0.288 e. The van der Waals surface area contributed by atoms with Crippen LogP contribution in [0.4, 0.5) is 11.5 Å². The second kappa shape index (κ2) is 5.19. The number of carbonyl (C=O) groups is 1. The van der Waals surface area contributed by atoms with Gasteiger partial charge in [0.25, 0.3) is 11.6 Å². The van der Waals surface area contributed by atoms with E-state index in [1.807, 2.05) is 0 Å². The van der Waals surface area contributed by atoms with Crippen molar-refractivity contribution in [2.75, 3.05) is 18.9 Å². The van der Waals surface area contributed by atoms with Gasteiger partial charge < -0.3 is 15.7 Å². The summed E-state index contributed by atoms with van der Waals surface area (Å²) in [5.41, 5.74) is 5.33. The molecular formula is C11H14N4O4. The summed E-state index contributed by atoms with van der Waals surface area (Å²) in [6, 6.07) is 1.20. The van der Waals surface area contributed by atoms with Gasteiger partial charge in [-0.15, -0.1) is 0 Å². The molecule has 2 rings (SSSR count). The molecule has 1 aliphatic rings. The number of nitro groups is 1. The van der Waals surface area contributed by atoms with Gasteiger partial charge >= 0.3 is 0 Å². The number of aromatic nitrogens is 1. The number of nitrogens with zero attached hydrogens (tertiary/aromatic N) is 3. The van der Waals surface area contributed by atoms with Crippen LogP contribution in [-0.2, 0) is 0 Å². The maximum absolute atomic E-state index is 12.3. The summed E-state index contributed by atoms with van der Waals surface area (Å²) in [5, 5.41) is 19.7. The maximum atomic E-state index is 12.3. The van der Waals surface area contributed by atoms with Crippen LogP contribution in [0.1, 0.15) is 23.2 Å². The van der Waals surface area contributed by atoms with E-state index in [-0.39, 0.29) is 36.3 Å². The molecule has 3 N–H and O–H groups in total. The van der Waals surface area contributed by atoms with Crippen LogP contribution < -0.4 is 5.73 Å². The van der Waals surface area contributed by atoms with Crippen LogP contribution in [0.25, 0.3) is 0 Å². The highest BCUT2D eigenvalue weighted by Crippen LogP contribution is 2.29. The van der Waals surface area contributed by atoms with E-state index in [0.29, 0.717) is 0 Å². The number of rotatable bonds is 5. The smallest absolute Gasteiger partial charge is 0.288 e. The number of amides is 1. The van der Waals surface area contributed by atoms with E-state index >= 15 is 0 Å². The minimum Gasteiger partial charge on any atom is -0.395 e. The molecule has 0 bridgehead atoms. The van der Waals surface area contributed by atoms with Gasteiger partial charge in [0.1, 0.15) is 12.0 Å². The minimum atomic E-state index is -0.628. The van der Waals surface area contributed by atoms with Gasteiger partial charge in [-0.3, -0.25) is 14.9 Å². The number of nitrogens with two attached hydrogens (primary N) is 1. The molecule has 0 saturated heterocycles. The minimum absolute atomic E-state index is 0.00884. The number of nitrogen functional groups attached to an aromatic ring is 1. The third kappa shape index (κ3) is 2.79. The van der Waals surface area contributed by atoms with Crippen molar-refractivity contribution in [3.63, 3.8) is 0 Å². The molecule has 8 heteroatoms. The first-order valence-corrected chi connectivity index (χ1v) is 5.86. The summed E-state index contributed by atoms with van der Waals surface area (Å²) in [6.07, 6.45) is 2.75. The zero-order chi connectivity index (χ0) is 14.0. The summed E-state index contributed by atoms with van der Waals surface area (Å²) in [7, 11) is 0. The first-order valence-electron chi connectivity index (χ1n) is 5.86. The summed E-state index contributed by atoms with van der Waals surface area (Å²) < 4.78 is 0. The van der Waals surface area contributed by atoms with Crippen LogP contribution in [0.3, 0.4) is 0 Å². The second-order valence-electron chi connectivity index (χ2n) is 4.34. The Labute approximate surface area is 109 Å². The lowest BCUT2D eigenvalue weighted by atomic mass is 10.2. The Morgan fingerprint density at radius 2 is 2.32 bits per heavy atom. The van der Waals surface area contributed by atoms with E-state index in [1.165, 1.54) is 4.90 Å². The third-order valence-corrected chi connectivity index (χ3v) is 2.93. The Morgan fingerprint density at radius 1 is 1.63 bits per heavy atom. The second-order valence-corrected chi connectivity index (χ2v) is 4.34. The van der Waals surface area contributed by atoms with E-state index in [1.54, 1.807) is 0 Å². The van der Waals surface area contributed by atoms with Gasteiger partial charge in [-0.05, 0) is 12.8 Å². The number of aliphatic hydroxyl groups excluding tert-OH is 1. The number of pyridine rings is 1. The summed E-state index contributed by atoms with van der Waals surface area (Å²) in [6.45, 7) is 0.0239. The number of hydrogen-bond acceptors (Lipinski definition) is 6. The molecule has 0 unspecified atom stereocenters. The molecule has 102 valence electrons. The van der Waals surface area contributed by atoms with E-state index < -0.39 is 10.8 Å². The molecular weight excluding hydrogens is 252 g/mol. The number of anilines is 1. The van der Waals surface area contributed by atoms with E-state index in [4.69, 9.17) is 10.8 Å². The Morgan fingerprint density at radius 3 is 2.84 bits per heavy atom. The third-order valence-electron chi connectivity index (χ3n) is 2.93. The van der Waals surface area contributed by atoms with Gasteiger partial charge in [-0.2, -0.15) is 0 Å². The molecule has 1 fully saturated rings. The van der Waals surface area contributed by atoms with Gasteiger partial charge in [0.05, 0.1) is 17.1 Å². The fourth-order valence-electron chi connectivity index (χ4n) is 1.83. The largest absolute Gasteiger partial charge is 0.395 e. The summed E-state index contributed by atoms with van der Waals surface area (Å²) in [5.74, 6) is -0.468. The van der Waals surface area contributed by atoms with Crippen LogP contribution in [0.15, 0.2) is 12.3 Å². The van der Waals surface area contributed by atoms with E-state index in [9.17, 15) is 14.9 Å². The number of carbonyl (C=O) groups excluding carboxylic acids is 1. The Hall–Kier alpha value is -2.22. The fourth-order valence-corrected chi connectivity index (χ4v) is 1.83. The molecule has 1 aromatic heterocycles. The van der Waals surface area contributed by atoms with Gasteiger partial charge in [-0.1, -0.05) is 0 Å². The monoisotopic (exact) mass is 266 g/mol. The first-order chi connectivity index (χ1) is 9.04. The van der Waals surface area contributed by atoms with Crippen LogP contribution in [0.2, 0.25) is 0 Å². The number of aliphatic hydroxyl groups is 1. The van der Waals surface area contributed by atoms with Crippen molar-refractivity contribution in [3.05, 3.63) is 27.9 Å². The SMILES string of the molecule is Nc1ncc([N+](=O)[O-])cc1C(=O)N(CCO)C1CC1. The molecule has 19 heavy (non-hydrogen) atoms. The fraction of sp³-hybridized carbons (Fsp3) is 0.455. The van der Waals surface area contributed by atoms with Crippen LogP contribution >= 0.6 is 0 Å². The zero-order valence-corrected chi connectivity index (χ0v) is 10.2. The molecule has 0 radical (unpaired) electrons. The van der Waals surface area contributed by atoms with Crippen LogP contribution in [-0.4, -0.2) is 45.0 Å². The molecule has 1 saturated carbocycles. The molecule has 0 aliphatic heterocycles. The quantitative estimate of drug-likeness (QED) is 0.578. The van der Waals surface area contributed by atoms with Crippen molar-refractivity contribution in [2.24, 2.45) is 0 Å². The van der Waals surface area contributed by atoms with Crippen LogP contribution in [0, 0.1) is 10.1 Å². The average Bonchev–Trinajstić information content (AvgIpc) is 3.19. The summed E-state index contributed by atoms with van der Waals surface area (Å²) in [4.78, 5) is 27.5. The normalized spacial score (nSPS) is 14.2. The van der Waals surface area contributed by atoms with Crippen molar-refractivity contribution in [2.45, 2.75) is 18.9 Å². The highest BCUT2D eigenvalue weighted by Gasteiger charge is 2.34. The van der Waals surface area contributed by atoms with Gasteiger partial charge in [0.15, 0.2) is 0 Å². The van der Waals surface area contributed by atoms with Gasteiger partial charge in [0.2, 0.25) is 0 Å². The number of hydrogen-bond donors (Lipinski definition) is 2. The molecule has 1 aromatic rings. The van der Waals surface area contributed by atoms with Gasteiger partial charge in [-0.25, -0.2) is 4.98 Å².